The van der Waals surface area contributed by atoms with Crippen LogP contribution in [0, 0.1) is 0 Å². The van der Waals surface area contributed by atoms with Crippen LogP contribution < -0.4 is 15.7 Å². The van der Waals surface area contributed by atoms with Crippen LogP contribution in [0.15, 0.2) is 60.7 Å². The normalized spacial score (nSPS) is 16.3. The van der Waals surface area contributed by atoms with E-state index in [1.165, 1.54) is 0 Å². The van der Waals surface area contributed by atoms with Crippen molar-refractivity contribution in [3.05, 3.63) is 60.7 Å². The summed E-state index contributed by atoms with van der Waals surface area (Å²) in [5, 5.41) is 5.06. The summed E-state index contributed by atoms with van der Waals surface area (Å²) in [6, 6.07) is 19.4. The van der Waals surface area contributed by atoms with Crippen LogP contribution >= 0.6 is 7.29 Å². The summed E-state index contributed by atoms with van der Waals surface area (Å²) in [6.45, 7) is 5.05. The largest absolute Gasteiger partial charge is 0.379 e. The van der Waals surface area contributed by atoms with Gasteiger partial charge < -0.3 is 4.74 Å². The molecule has 122 valence electrons. The van der Waals surface area contributed by atoms with Crippen LogP contribution in [0.25, 0.3) is 0 Å². The maximum atomic E-state index is 13.7. The molecular formula is C18H23N2O2P. The lowest BCUT2D eigenvalue weighted by atomic mass is 10.4. The van der Waals surface area contributed by atoms with E-state index in [-0.39, 0.29) is 0 Å². The quantitative estimate of drug-likeness (QED) is 0.821. The van der Waals surface area contributed by atoms with Gasteiger partial charge in [0.15, 0.2) is 0 Å². The third kappa shape index (κ3) is 4.10. The standard InChI is InChI=1S/C18H23N2O2P/c21-23(17-7-3-1-4-8-17,18-9-5-2-6-10-18)19-11-12-20-13-15-22-16-14-20/h1-10H,11-16H2,(H,19,21). The highest BCUT2D eigenvalue weighted by Crippen LogP contribution is 2.38. The predicted octanol–water partition coefficient (Wildman–Crippen LogP) is 1.84. The fraction of sp³-hybridized carbons (Fsp3) is 0.333. The van der Waals surface area contributed by atoms with Crippen LogP contribution in [0.5, 0.6) is 0 Å². The zero-order chi connectivity index (χ0) is 16.0. The zero-order valence-electron chi connectivity index (χ0n) is 13.2. The molecule has 1 N–H and O–H groups in total. The van der Waals surface area contributed by atoms with Crippen molar-refractivity contribution in [3.63, 3.8) is 0 Å². The summed E-state index contributed by atoms with van der Waals surface area (Å²) >= 11 is 0. The number of nitrogens with one attached hydrogen (secondary N) is 1. The number of benzene rings is 2. The molecule has 0 unspecified atom stereocenters. The molecule has 1 saturated heterocycles. The second-order valence-electron chi connectivity index (χ2n) is 5.64. The van der Waals surface area contributed by atoms with E-state index in [1.807, 2.05) is 60.7 Å². The Hall–Kier alpha value is -1.45. The molecule has 0 spiro atoms. The number of rotatable bonds is 6. The molecule has 0 saturated carbocycles. The van der Waals surface area contributed by atoms with E-state index in [0.29, 0.717) is 6.54 Å². The van der Waals surface area contributed by atoms with Gasteiger partial charge in [0.2, 0.25) is 7.29 Å². The average Bonchev–Trinajstić information content (AvgIpc) is 2.64. The third-order valence-corrected chi connectivity index (χ3v) is 6.83. The van der Waals surface area contributed by atoms with Crippen molar-refractivity contribution in [1.82, 2.24) is 9.99 Å². The Morgan fingerprint density at radius 1 is 0.913 bits per heavy atom. The van der Waals surface area contributed by atoms with Gasteiger partial charge >= 0.3 is 0 Å². The molecule has 0 radical (unpaired) electrons. The Bertz CT molecular complexity index is 599. The molecule has 0 aliphatic carbocycles. The lowest BCUT2D eigenvalue weighted by Gasteiger charge is -2.28. The first kappa shape index (κ1) is 16.4. The van der Waals surface area contributed by atoms with Gasteiger partial charge in [-0.25, -0.2) is 0 Å². The highest BCUT2D eigenvalue weighted by Gasteiger charge is 2.26. The lowest BCUT2D eigenvalue weighted by molar-refractivity contribution is 0.0390. The van der Waals surface area contributed by atoms with Crippen molar-refractivity contribution in [2.45, 2.75) is 0 Å². The van der Waals surface area contributed by atoms with Crippen LogP contribution in [0.3, 0.4) is 0 Å². The van der Waals surface area contributed by atoms with Crippen LogP contribution in [-0.4, -0.2) is 44.3 Å². The zero-order valence-corrected chi connectivity index (χ0v) is 14.1. The monoisotopic (exact) mass is 330 g/mol. The summed E-state index contributed by atoms with van der Waals surface area (Å²) in [6.07, 6.45) is 0. The molecule has 0 bridgehead atoms. The number of hydrogen-bond donors (Lipinski definition) is 1. The Balaban J connectivity index is 1.75. The molecular weight excluding hydrogens is 307 g/mol. The van der Waals surface area contributed by atoms with Gasteiger partial charge in [-0.15, -0.1) is 0 Å². The van der Waals surface area contributed by atoms with Crippen LogP contribution in [-0.2, 0) is 9.30 Å². The summed E-state index contributed by atoms with van der Waals surface area (Å²) in [5.41, 5.74) is 0. The molecule has 0 atom stereocenters. The number of hydrogen-bond acceptors (Lipinski definition) is 3. The van der Waals surface area contributed by atoms with Gasteiger partial charge in [0, 0.05) is 36.8 Å². The van der Waals surface area contributed by atoms with E-state index in [4.69, 9.17) is 4.74 Å². The minimum atomic E-state index is -2.80. The van der Waals surface area contributed by atoms with E-state index < -0.39 is 7.29 Å². The maximum Gasteiger partial charge on any atom is 0.204 e. The highest BCUT2D eigenvalue weighted by atomic mass is 31.2. The number of morpholine rings is 1. The molecule has 23 heavy (non-hydrogen) atoms. The average molecular weight is 330 g/mol. The lowest BCUT2D eigenvalue weighted by Crippen LogP contribution is -2.41. The second kappa shape index (κ2) is 7.89. The van der Waals surface area contributed by atoms with Crippen LogP contribution in [0.4, 0.5) is 0 Å². The molecule has 1 heterocycles. The Labute approximate surface area is 137 Å². The molecule has 2 aromatic rings. The minimum absolute atomic E-state index is 0.696. The summed E-state index contributed by atoms with van der Waals surface area (Å²) in [4.78, 5) is 2.34. The van der Waals surface area contributed by atoms with E-state index in [0.717, 1.165) is 43.5 Å². The third-order valence-electron chi connectivity index (χ3n) is 4.11. The Kier molecular flexibility index (Phi) is 5.63. The van der Waals surface area contributed by atoms with E-state index in [2.05, 4.69) is 9.99 Å². The van der Waals surface area contributed by atoms with Crippen molar-refractivity contribution >= 4 is 17.9 Å². The fourth-order valence-electron chi connectivity index (χ4n) is 2.80. The number of nitrogens with zero attached hydrogens (tertiary/aromatic N) is 1. The van der Waals surface area contributed by atoms with Crippen LogP contribution in [0.1, 0.15) is 0 Å². The Morgan fingerprint density at radius 3 is 1.96 bits per heavy atom. The van der Waals surface area contributed by atoms with Gasteiger partial charge in [-0.3, -0.25) is 14.6 Å². The summed E-state index contributed by atoms with van der Waals surface area (Å²) < 4.78 is 19.1. The van der Waals surface area contributed by atoms with Crippen molar-refractivity contribution < 1.29 is 9.30 Å². The van der Waals surface area contributed by atoms with Crippen LogP contribution in [0.2, 0.25) is 0 Å². The smallest absolute Gasteiger partial charge is 0.204 e. The molecule has 0 amide bonds. The predicted molar refractivity (Wildman–Crippen MR) is 95.0 cm³/mol. The first-order valence-corrected chi connectivity index (χ1v) is 9.76. The molecule has 2 aromatic carbocycles. The van der Waals surface area contributed by atoms with E-state index in [1.54, 1.807) is 0 Å². The number of ether oxygens (including phenoxy) is 1. The van der Waals surface area contributed by atoms with Gasteiger partial charge in [-0.2, -0.15) is 0 Å². The van der Waals surface area contributed by atoms with Gasteiger partial charge in [0.1, 0.15) is 0 Å². The van der Waals surface area contributed by atoms with E-state index >= 15 is 0 Å². The van der Waals surface area contributed by atoms with Crippen molar-refractivity contribution in [2.75, 3.05) is 39.4 Å². The summed E-state index contributed by atoms with van der Waals surface area (Å²) in [7, 11) is -2.80. The SMILES string of the molecule is O=P(NCCN1CCOCC1)(c1ccccc1)c1ccccc1. The van der Waals surface area contributed by atoms with Gasteiger partial charge in [0.25, 0.3) is 0 Å². The first-order valence-electron chi connectivity index (χ1n) is 8.05. The molecule has 1 aliphatic heterocycles. The maximum absolute atomic E-state index is 13.7. The molecule has 5 heteroatoms. The molecule has 0 aromatic heterocycles. The van der Waals surface area contributed by atoms with E-state index in [9.17, 15) is 4.57 Å². The fourth-order valence-corrected chi connectivity index (χ4v) is 5.06. The van der Waals surface area contributed by atoms with Gasteiger partial charge in [0.05, 0.1) is 13.2 Å². The van der Waals surface area contributed by atoms with Crippen molar-refractivity contribution in [2.24, 2.45) is 0 Å². The second-order valence-corrected chi connectivity index (χ2v) is 8.21. The topological polar surface area (TPSA) is 41.6 Å². The van der Waals surface area contributed by atoms with Gasteiger partial charge in [-0.1, -0.05) is 36.4 Å². The van der Waals surface area contributed by atoms with Crippen molar-refractivity contribution in [1.29, 1.82) is 0 Å². The summed E-state index contributed by atoms with van der Waals surface area (Å²) in [5.74, 6) is 0. The van der Waals surface area contributed by atoms with Gasteiger partial charge in [-0.05, 0) is 24.3 Å². The molecule has 1 aliphatic rings. The van der Waals surface area contributed by atoms with Crippen molar-refractivity contribution in [3.8, 4) is 0 Å². The first-order chi connectivity index (χ1) is 11.3. The minimum Gasteiger partial charge on any atom is -0.379 e. The Morgan fingerprint density at radius 2 is 1.43 bits per heavy atom. The molecule has 4 nitrogen and oxygen atoms in total. The highest BCUT2D eigenvalue weighted by molar-refractivity contribution is 7.76. The molecule has 3 rings (SSSR count). The molecule has 1 fully saturated rings.